The van der Waals surface area contributed by atoms with E-state index in [1.54, 1.807) is 43.4 Å². The number of thioether (sulfide) groups is 1. The monoisotopic (exact) mass is 570 g/mol. The van der Waals surface area contributed by atoms with Crippen molar-refractivity contribution in [1.29, 1.82) is 0 Å². The van der Waals surface area contributed by atoms with E-state index < -0.39 is 6.04 Å². The predicted octanol–water partition coefficient (Wildman–Crippen LogP) is 5.92. The van der Waals surface area contributed by atoms with Crippen molar-refractivity contribution in [1.82, 2.24) is 14.9 Å². The Morgan fingerprint density at radius 2 is 1.39 bits per heavy atom. The van der Waals surface area contributed by atoms with Crippen molar-refractivity contribution in [2.24, 2.45) is 0 Å². The van der Waals surface area contributed by atoms with Gasteiger partial charge in [0, 0.05) is 23.6 Å². The summed E-state index contributed by atoms with van der Waals surface area (Å²) in [4.78, 5) is 38.5. The summed E-state index contributed by atoms with van der Waals surface area (Å²) in [6.45, 7) is 5.99. The number of methoxy groups -OCH3 is 2. The molecule has 0 saturated heterocycles. The molecule has 0 spiro atoms. The molecule has 212 valence electrons. The molecule has 0 aliphatic rings. The number of anilines is 1. The van der Waals surface area contributed by atoms with Crippen molar-refractivity contribution in [3.63, 3.8) is 0 Å². The van der Waals surface area contributed by atoms with Crippen LogP contribution in [0.2, 0.25) is 0 Å². The van der Waals surface area contributed by atoms with E-state index in [0.717, 1.165) is 22.5 Å². The maximum Gasteiger partial charge on any atom is 0.251 e. The third-order valence-electron chi connectivity index (χ3n) is 6.43. The zero-order valence-electron chi connectivity index (χ0n) is 23.9. The number of nitrogens with zero attached hydrogens (tertiary/aromatic N) is 3. The summed E-state index contributed by atoms with van der Waals surface area (Å²) < 4.78 is 10.6. The number of carbonyl (C=O) groups is 2. The Morgan fingerprint density at radius 3 is 1.95 bits per heavy atom. The molecule has 1 atom stereocenters. The molecular weight excluding hydrogens is 536 g/mol. The third kappa shape index (κ3) is 8.08. The van der Waals surface area contributed by atoms with Crippen LogP contribution in [0.1, 0.15) is 34.1 Å². The molecule has 0 aliphatic carbocycles. The number of aryl methyl sites for hydroxylation is 3. The smallest absolute Gasteiger partial charge is 0.251 e. The molecule has 41 heavy (non-hydrogen) atoms. The van der Waals surface area contributed by atoms with Crippen LogP contribution in [0.5, 0.6) is 11.5 Å². The molecule has 4 rings (SSSR count). The van der Waals surface area contributed by atoms with Gasteiger partial charge < -0.3 is 19.7 Å². The van der Waals surface area contributed by atoms with Crippen molar-refractivity contribution in [2.75, 3.05) is 25.3 Å². The van der Waals surface area contributed by atoms with Gasteiger partial charge in [-0.3, -0.25) is 9.59 Å². The van der Waals surface area contributed by atoms with E-state index in [1.807, 2.05) is 75.4 Å². The van der Waals surface area contributed by atoms with E-state index in [4.69, 9.17) is 9.47 Å². The lowest BCUT2D eigenvalue weighted by atomic mass is 10.0. The van der Waals surface area contributed by atoms with Gasteiger partial charge in [-0.25, -0.2) is 9.97 Å². The molecule has 1 aromatic heterocycles. The van der Waals surface area contributed by atoms with E-state index in [9.17, 15) is 9.59 Å². The topological polar surface area (TPSA) is 93.7 Å². The first kappa shape index (κ1) is 29.6. The van der Waals surface area contributed by atoms with Crippen molar-refractivity contribution in [3.05, 3.63) is 107 Å². The minimum absolute atomic E-state index is 0.0667. The normalized spacial score (nSPS) is 11.4. The van der Waals surface area contributed by atoms with Gasteiger partial charge in [-0.2, -0.15) is 0 Å². The molecule has 0 aliphatic heterocycles. The van der Waals surface area contributed by atoms with E-state index in [1.165, 1.54) is 11.8 Å². The van der Waals surface area contributed by atoms with Crippen molar-refractivity contribution >= 4 is 29.3 Å². The molecule has 1 unspecified atom stereocenters. The number of rotatable bonds is 11. The standard InChI is InChI=1S/C32H34N4O4S/c1-21-6-10-25(11-7-21)30(31(38)35-26-12-16-28(40-5)17-13-26)36(19-24-8-14-27(39-4)15-9-24)29(37)20-41-32-33-22(2)18-23(3)34-32/h6-18,30H,19-20H2,1-5H3,(H,35,38). The van der Waals surface area contributed by atoms with Gasteiger partial charge in [0.25, 0.3) is 5.91 Å². The number of nitrogens with one attached hydrogen (secondary N) is 1. The Balaban J connectivity index is 1.69. The number of hydrogen-bond acceptors (Lipinski definition) is 7. The SMILES string of the molecule is COc1ccc(CN(C(=O)CSc2nc(C)cc(C)n2)C(C(=O)Nc2ccc(OC)cc2)c2ccc(C)cc2)cc1. The quantitative estimate of drug-likeness (QED) is 0.177. The van der Waals surface area contributed by atoms with Crippen LogP contribution >= 0.6 is 11.8 Å². The van der Waals surface area contributed by atoms with E-state index in [0.29, 0.717) is 27.9 Å². The summed E-state index contributed by atoms with van der Waals surface area (Å²) in [5.74, 6) is 0.913. The van der Waals surface area contributed by atoms with Crippen LogP contribution in [-0.4, -0.2) is 46.7 Å². The Bertz CT molecular complexity index is 1460. The van der Waals surface area contributed by atoms with Crippen molar-refractivity contribution in [3.8, 4) is 11.5 Å². The van der Waals surface area contributed by atoms with E-state index in [2.05, 4.69) is 15.3 Å². The highest BCUT2D eigenvalue weighted by atomic mass is 32.2. The first-order valence-corrected chi connectivity index (χ1v) is 14.1. The average molecular weight is 571 g/mol. The molecule has 0 radical (unpaired) electrons. The van der Waals surface area contributed by atoms with Crippen LogP contribution in [0.3, 0.4) is 0 Å². The first-order chi connectivity index (χ1) is 19.7. The van der Waals surface area contributed by atoms with Gasteiger partial charge in [0.1, 0.15) is 17.5 Å². The molecule has 1 N–H and O–H groups in total. The number of amides is 2. The summed E-state index contributed by atoms with van der Waals surface area (Å²) in [5, 5.41) is 3.52. The highest BCUT2D eigenvalue weighted by Crippen LogP contribution is 2.28. The fourth-order valence-electron chi connectivity index (χ4n) is 4.32. The molecule has 2 amide bonds. The molecule has 0 fully saturated rings. The van der Waals surface area contributed by atoms with Gasteiger partial charge in [-0.15, -0.1) is 0 Å². The van der Waals surface area contributed by atoms with Crippen LogP contribution in [0.15, 0.2) is 84.0 Å². The minimum Gasteiger partial charge on any atom is -0.497 e. The second-order valence-electron chi connectivity index (χ2n) is 9.62. The average Bonchev–Trinajstić information content (AvgIpc) is 2.97. The number of benzene rings is 3. The minimum atomic E-state index is -0.895. The van der Waals surface area contributed by atoms with Crippen molar-refractivity contribution < 1.29 is 19.1 Å². The van der Waals surface area contributed by atoms with Gasteiger partial charge in [0.05, 0.1) is 20.0 Å². The summed E-state index contributed by atoms with van der Waals surface area (Å²) in [5.41, 5.74) is 4.89. The predicted molar refractivity (Wildman–Crippen MR) is 161 cm³/mol. The van der Waals surface area contributed by atoms with Crippen LogP contribution in [0.25, 0.3) is 0 Å². The summed E-state index contributed by atoms with van der Waals surface area (Å²) in [6, 6.07) is 23.2. The first-order valence-electron chi connectivity index (χ1n) is 13.1. The summed E-state index contributed by atoms with van der Waals surface area (Å²) in [7, 11) is 3.19. The lowest BCUT2D eigenvalue weighted by Crippen LogP contribution is -2.41. The van der Waals surface area contributed by atoms with E-state index in [-0.39, 0.29) is 24.1 Å². The van der Waals surface area contributed by atoms with Crippen LogP contribution in [0.4, 0.5) is 5.69 Å². The number of ether oxygens (including phenoxy) is 2. The third-order valence-corrected chi connectivity index (χ3v) is 7.26. The molecule has 0 saturated carbocycles. The zero-order valence-corrected chi connectivity index (χ0v) is 24.7. The Kier molecular flexibility index (Phi) is 9.97. The largest absolute Gasteiger partial charge is 0.497 e. The van der Waals surface area contributed by atoms with Crippen molar-refractivity contribution in [2.45, 2.75) is 38.5 Å². The molecule has 8 nitrogen and oxygen atoms in total. The summed E-state index contributed by atoms with van der Waals surface area (Å²) in [6.07, 6.45) is 0. The van der Waals surface area contributed by atoms with Gasteiger partial charge in [0.2, 0.25) is 5.91 Å². The Labute approximate surface area is 245 Å². The molecule has 4 aromatic rings. The van der Waals surface area contributed by atoms with Crippen LogP contribution in [0, 0.1) is 20.8 Å². The molecule has 0 bridgehead atoms. The van der Waals surface area contributed by atoms with Crippen LogP contribution < -0.4 is 14.8 Å². The second-order valence-corrected chi connectivity index (χ2v) is 10.6. The highest BCUT2D eigenvalue weighted by Gasteiger charge is 2.32. The van der Waals surface area contributed by atoms with Gasteiger partial charge in [0.15, 0.2) is 5.16 Å². The van der Waals surface area contributed by atoms with Gasteiger partial charge in [-0.1, -0.05) is 53.7 Å². The lowest BCUT2D eigenvalue weighted by molar-refractivity contribution is -0.137. The van der Waals surface area contributed by atoms with E-state index >= 15 is 0 Å². The lowest BCUT2D eigenvalue weighted by Gasteiger charge is -2.31. The maximum atomic E-state index is 14.0. The highest BCUT2D eigenvalue weighted by molar-refractivity contribution is 7.99. The zero-order chi connectivity index (χ0) is 29.4. The van der Waals surface area contributed by atoms with Gasteiger partial charge in [-0.05, 0) is 74.4 Å². The molecule has 9 heteroatoms. The Morgan fingerprint density at radius 1 is 0.829 bits per heavy atom. The number of carbonyl (C=O) groups excluding carboxylic acids is 2. The maximum absolute atomic E-state index is 14.0. The number of aromatic nitrogens is 2. The van der Waals surface area contributed by atoms with Crippen LogP contribution in [-0.2, 0) is 16.1 Å². The number of hydrogen-bond donors (Lipinski definition) is 1. The fraction of sp³-hybridized carbons (Fsp3) is 0.250. The van der Waals surface area contributed by atoms with Gasteiger partial charge >= 0.3 is 0 Å². The second kappa shape index (κ2) is 13.8. The molecule has 1 heterocycles. The Hall–Kier alpha value is -4.37. The summed E-state index contributed by atoms with van der Waals surface area (Å²) >= 11 is 1.26. The molecular formula is C32H34N4O4S. The fourth-order valence-corrected chi connectivity index (χ4v) is 5.16. The molecule has 3 aromatic carbocycles.